The van der Waals surface area contributed by atoms with E-state index in [1.54, 1.807) is 0 Å². The Morgan fingerprint density at radius 1 is 1.30 bits per heavy atom. The Bertz CT molecular complexity index is 637. The molecule has 2 aliphatic carbocycles. The number of hydrogen-bond donors (Lipinski definition) is 1. The third kappa shape index (κ3) is 1.81. The van der Waals surface area contributed by atoms with Crippen LogP contribution in [0.4, 0.5) is 5.82 Å². The van der Waals surface area contributed by atoms with E-state index in [2.05, 4.69) is 23.4 Å². The van der Waals surface area contributed by atoms with Gasteiger partial charge in [-0.05, 0) is 37.5 Å². The van der Waals surface area contributed by atoms with Gasteiger partial charge in [-0.15, -0.1) is 0 Å². The van der Waals surface area contributed by atoms with Gasteiger partial charge >= 0.3 is 0 Å². The molecule has 4 nitrogen and oxygen atoms in total. The van der Waals surface area contributed by atoms with Gasteiger partial charge in [0.1, 0.15) is 5.82 Å². The lowest BCUT2D eigenvalue weighted by Gasteiger charge is -2.31. The van der Waals surface area contributed by atoms with E-state index in [1.807, 2.05) is 17.8 Å². The Labute approximate surface area is 119 Å². The highest BCUT2D eigenvalue weighted by molar-refractivity contribution is 5.56. The van der Waals surface area contributed by atoms with Crippen LogP contribution in [0.3, 0.4) is 0 Å². The van der Waals surface area contributed by atoms with E-state index in [9.17, 15) is 0 Å². The van der Waals surface area contributed by atoms with Crippen LogP contribution in [-0.2, 0) is 0 Å². The average molecular weight is 270 g/mol. The summed E-state index contributed by atoms with van der Waals surface area (Å²) >= 11 is 0. The molecule has 0 aliphatic heterocycles. The maximum atomic E-state index is 4.97. The van der Waals surface area contributed by atoms with E-state index in [-0.39, 0.29) is 0 Å². The van der Waals surface area contributed by atoms with E-state index in [4.69, 9.17) is 4.98 Å². The van der Waals surface area contributed by atoms with Crippen molar-refractivity contribution >= 4 is 11.5 Å². The number of rotatable bonds is 4. The number of anilines is 1. The predicted octanol–water partition coefficient (Wildman–Crippen LogP) is 3.55. The number of fused-ring (bicyclic) bond motifs is 1. The Morgan fingerprint density at radius 2 is 2.10 bits per heavy atom. The van der Waals surface area contributed by atoms with Crippen molar-refractivity contribution in [1.29, 1.82) is 0 Å². The first-order chi connectivity index (χ1) is 9.78. The lowest BCUT2D eigenvalue weighted by atomic mass is 9.75. The van der Waals surface area contributed by atoms with Crippen molar-refractivity contribution in [3.8, 4) is 0 Å². The molecule has 2 saturated carbocycles. The van der Waals surface area contributed by atoms with Crippen LogP contribution in [0.5, 0.6) is 0 Å². The van der Waals surface area contributed by atoms with Crippen LogP contribution < -0.4 is 5.32 Å². The van der Waals surface area contributed by atoms with Crippen LogP contribution in [0.15, 0.2) is 12.3 Å². The molecule has 106 valence electrons. The zero-order valence-electron chi connectivity index (χ0n) is 12.3. The molecule has 0 amide bonds. The fourth-order valence-corrected chi connectivity index (χ4v) is 3.27. The van der Waals surface area contributed by atoms with Gasteiger partial charge in [0.25, 0.3) is 0 Å². The molecule has 4 rings (SSSR count). The van der Waals surface area contributed by atoms with Crippen molar-refractivity contribution in [1.82, 2.24) is 14.6 Å². The minimum Gasteiger partial charge on any atom is -0.373 e. The molecule has 2 heterocycles. The van der Waals surface area contributed by atoms with Gasteiger partial charge in [0.05, 0.1) is 6.20 Å². The summed E-state index contributed by atoms with van der Waals surface area (Å²) in [4.78, 5) is 4.97. The van der Waals surface area contributed by atoms with E-state index >= 15 is 0 Å². The molecule has 2 aromatic heterocycles. The first-order valence-electron chi connectivity index (χ1n) is 7.84. The topological polar surface area (TPSA) is 42.2 Å². The summed E-state index contributed by atoms with van der Waals surface area (Å²) in [5, 5.41) is 7.80. The van der Waals surface area contributed by atoms with Crippen molar-refractivity contribution < 1.29 is 0 Å². The van der Waals surface area contributed by atoms with Crippen molar-refractivity contribution in [2.75, 3.05) is 12.4 Å². The number of hydrogen-bond acceptors (Lipinski definition) is 3. The normalized spacial score (nSPS) is 20.9. The van der Waals surface area contributed by atoms with Crippen molar-refractivity contribution in [2.24, 2.45) is 5.92 Å². The van der Waals surface area contributed by atoms with Gasteiger partial charge in [0.2, 0.25) is 0 Å². The van der Waals surface area contributed by atoms with Crippen molar-refractivity contribution in [3.63, 3.8) is 0 Å². The standard InChI is InChI=1S/C16H22N4/c1-10(11-4-3-5-11)14-8-15(17-2)20-16(19-14)13(9-18-20)12-6-7-12/h8-12,17H,3-7H2,1-2H3. The molecule has 2 aromatic rings. The average Bonchev–Trinajstić information content (AvgIpc) is 3.15. The van der Waals surface area contributed by atoms with Gasteiger partial charge in [-0.2, -0.15) is 9.61 Å². The van der Waals surface area contributed by atoms with Gasteiger partial charge in [-0.3, -0.25) is 0 Å². The quantitative estimate of drug-likeness (QED) is 0.923. The van der Waals surface area contributed by atoms with Gasteiger partial charge in [-0.1, -0.05) is 13.3 Å². The fraction of sp³-hybridized carbons (Fsp3) is 0.625. The molecule has 0 spiro atoms. The maximum absolute atomic E-state index is 4.97. The number of aromatic nitrogens is 3. The third-order valence-corrected chi connectivity index (χ3v) is 5.12. The SMILES string of the molecule is CNc1cc(C(C)C2CCC2)nc2c(C3CC3)cnn12. The van der Waals surface area contributed by atoms with Gasteiger partial charge in [-0.25, -0.2) is 4.98 Å². The summed E-state index contributed by atoms with van der Waals surface area (Å²) in [6.45, 7) is 2.33. The molecule has 1 unspecified atom stereocenters. The van der Waals surface area contributed by atoms with Gasteiger partial charge in [0, 0.05) is 30.3 Å². The Kier molecular flexibility index (Phi) is 2.72. The molecule has 1 atom stereocenters. The summed E-state index contributed by atoms with van der Waals surface area (Å²) < 4.78 is 1.96. The van der Waals surface area contributed by atoms with Gasteiger partial charge < -0.3 is 5.32 Å². The minimum absolute atomic E-state index is 0.558. The van der Waals surface area contributed by atoms with E-state index in [0.717, 1.165) is 17.4 Å². The van der Waals surface area contributed by atoms with Crippen LogP contribution >= 0.6 is 0 Å². The highest BCUT2D eigenvalue weighted by Gasteiger charge is 2.30. The van der Waals surface area contributed by atoms with E-state index < -0.39 is 0 Å². The predicted molar refractivity (Wildman–Crippen MR) is 80.3 cm³/mol. The van der Waals surface area contributed by atoms with Crippen LogP contribution in [0.1, 0.15) is 62.1 Å². The first kappa shape index (κ1) is 12.2. The molecule has 2 aliphatic rings. The molecule has 0 aromatic carbocycles. The smallest absolute Gasteiger partial charge is 0.161 e. The van der Waals surface area contributed by atoms with Crippen LogP contribution in [0, 0.1) is 5.92 Å². The van der Waals surface area contributed by atoms with E-state index in [0.29, 0.717) is 11.8 Å². The largest absolute Gasteiger partial charge is 0.373 e. The molecule has 0 saturated heterocycles. The Hall–Kier alpha value is -1.58. The third-order valence-electron chi connectivity index (χ3n) is 5.12. The summed E-state index contributed by atoms with van der Waals surface area (Å²) in [6.07, 6.45) is 8.70. The van der Waals surface area contributed by atoms with E-state index in [1.165, 1.54) is 43.4 Å². The molecular weight excluding hydrogens is 248 g/mol. The molecule has 2 fully saturated rings. The van der Waals surface area contributed by atoms with Crippen molar-refractivity contribution in [3.05, 3.63) is 23.5 Å². The Morgan fingerprint density at radius 3 is 2.70 bits per heavy atom. The summed E-state index contributed by atoms with van der Waals surface area (Å²) in [5.74, 6) is 3.13. The summed E-state index contributed by atoms with van der Waals surface area (Å²) in [6, 6.07) is 2.18. The molecule has 0 radical (unpaired) electrons. The fourth-order valence-electron chi connectivity index (χ4n) is 3.27. The first-order valence-corrected chi connectivity index (χ1v) is 7.84. The lowest BCUT2D eigenvalue weighted by Crippen LogP contribution is -2.19. The summed E-state index contributed by atoms with van der Waals surface area (Å²) in [5.41, 5.74) is 3.64. The highest BCUT2D eigenvalue weighted by Crippen LogP contribution is 2.43. The minimum atomic E-state index is 0.558. The molecule has 1 N–H and O–H groups in total. The number of nitrogens with zero attached hydrogens (tertiary/aromatic N) is 3. The van der Waals surface area contributed by atoms with Gasteiger partial charge in [0.15, 0.2) is 5.65 Å². The summed E-state index contributed by atoms with van der Waals surface area (Å²) in [7, 11) is 1.96. The zero-order chi connectivity index (χ0) is 13.7. The monoisotopic (exact) mass is 270 g/mol. The zero-order valence-corrected chi connectivity index (χ0v) is 12.3. The maximum Gasteiger partial charge on any atom is 0.161 e. The Balaban J connectivity index is 1.82. The highest BCUT2D eigenvalue weighted by atomic mass is 15.3. The second-order valence-corrected chi connectivity index (χ2v) is 6.41. The van der Waals surface area contributed by atoms with Crippen LogP contribution in [-0.4, -0.2) is 21.6 Å². The number of nitrogens with one attached hydrogen (secondary N) is 1. The van der Waals surface area contributed by atoms with Crippen LogP contribution in [0.2, 0.25) is 0 Å². The van der Waals surface area contributed by atoms with Crippen LogP contribution in [0.25, 0.3) is 5.65 Å². The molecule has 0 bridgehead atoms. The second-order valence-electron chi connectivity index (χ2n) is 6.41. The molecular formula is C16H22N4. The second kappa shape index (κ2) is 4.47. The van der Waals surface area contributed by atoms with Crippen molar-refractivity contribution in [2.45, 2.75) is 50.9 Å². The molecule has 4 heteroatoms. The molecule has 20 heavy (non-hydrogen) atoms. The lowest BCUT2D eigenvalue weighted by molar-refractivity contribution is 0.269.